The van der Waals surface area contributed by atoms with Gasteiger partial charge in [-0.25, -0.2) is 0 Å². The van der Waals surface area contributed by atoms with Crippen LogP contribution >= 0.6 is 22.9 Å². The third kappa shape index (κ3) is 1.64. The summed E-state index contributed by atoms with van der Waals surface area (Å²) in [6.07, 6.45) is 0.960. The first kappa shape index (κ1) is 11.0. The third-order valence-corrected chi connectivity index (χ3v) is 4.73. The van der Waals surface area contributed by atoms with Crippen molar-refractivity contribution in [1.29, 1.82) is 5.26 Å². The second kappa shape index (κ2) is 3.99. The van der Waals surface area contributed by atoms with Crippen molar-refractivity contribution in [3.8, 4) is 6.07 Å². The summed E-state index contributed by atoms with van der Waals surface area (Å²) in [6.45, 7) is 1.83. The van der Waals surface area contributed by atoms with E-state index in [-0.39, 0.29) is 0 Å². The molecule has 0 fully saturated rings. The fraction of sp³-hybridized carbons (Fsp3) is 0.308. The van der Waals surface area contributed by atoms with Crippen LogP contribution in [0.5, 0.6) is 0 Å². The zero-order valence-corrected chi connectivity index (χ0v) is 11.0. The number of thiophene rings is 1. The van der Waals surface area contributed by atoms with Gasteiger partial charge in [0.25, 0.3) is 0 Å². The van der Waals surface area contributed by atoms with Crippen molar-refractivity contribution < 1.29 is 0 Å². The highest BCUT2D eigenvalue weighted by Crippen LogP contribution is 2.38. The van der Waals surface area contributed by atoms with Gasteiger partial charge in [0.1, 0.15) is 10.9 Å². The molecule has 2 heterocycles. The Morgan fingerprint density at radius 2 is 2.24 bits per heavy atom. The first-order valence-electron chi connectivity index (χ1n) is 5.52. The van der Waals surface area contributed by atoms with E-state index >= 15 is 0 Å². The Morgan fingerprint density at radius 3 is 3.00 bits per heavy atom. The number of hydrogen-bond acceptors (Lipinski definition) is 3. The minimum Gasteiger partial charge on any atom is -0.302 e. The van der Waals surface area contributed by atoms with Crippen LogP contribution < -0.4 is 0 Å². The fourth-order valence-electron chi connectivity index (χ4n) is 2.44. The first-order chi connectivity index (χ1) is 8.20. The maximum atomic E-state index is 9.22. The molecule has 2 nitrogen and oxygen atoms in total. The summed E-state index contributed by atoms with van der Waals surface area (Å²) < 4.78 is 1.19. The summed E-state index contributed by atoms with van der Waals surface area (Å²) in [5, 5.41) is 11.3. The molecule has 0 atom stereocenters. The molecule has 0 N–H and O–H groups in total. The van der Waals surface area contributed by atoms with E-state index in [1.165, 1.54) is 15.6 Å². The van der Waals surface area contributed by atoms with Crippen molar-refractivity contribution in [3.63, 3.8) is 0 Å². The highest BCUT2D eigenvalue weighted by atomic mass is 35.5. The molecule has 1 aliphatic rings. The predicted octanol–water partition coefficient (Wildman–Crippen LogP) is 3.41. The topological polar surface area (TPSA) is 27.0 Å². The van der Waals surface area contributed by atoms with E-state index in [0.29, 0.717) is 0 Å². The number of likely N-dealkylation sites (N-methyl/N-ethyl adjacent to an activating group) is 1. The minimum absolute atomic E-state index is 0.830. The number of rotatable bonds is 0. The Bertz CT molecular complexity index is 639. The Morgan fingerprint density at radius 1 is 1.41 bits per heavy atom. The minimum atomic E-state index is 0.830. The first-order valence-corrected chi connectivity index (χ1v) is 6.71. The molecule has 3 rings (SSSR count). The lowest BCUT2D eigenvalue weighted by molar-refractivity contribution is 0.337. The Hall–Kier alpha value is -1.08. The van der Waals surface area contributed by atoms with Crippen LogP contribution in [-0.4, -0.2) is 18.5 Å². The van der Waals surface area contributed by atoms with Crippen molar-refractivity contribution in [2.45, 2.75) is 13.0 Å². The van der Waals surface area contributed by atoms with Crippen LogP contribution in [0.1, 0.15) is 16.0 Å². The average Bonchev–Trinajstić information content (AvgIpc) is 2.56. The van der Waals surface area contributed by atoms with Crippen molar-refractivity contribution >= 4 is 33.0 Å². The SMILES string of the molecule is CN1CCc2c(Cl)ccc3sc(C#N)c(c23)C1. The lowest BCUT2D eigenvalue weighted by Gasteiger charge is -2.12. The van der Waals surface area contributed by atoms with E-state index in [4.69, 9.17) is 11.6 Å². The molecule has 0 saturated heterocycles. The summed E-state index contributed by atoms with van der Waals surface area (Å²) in [4.78, 5) is 3.08. The number of nitriles is 1. The molecule has 2 aromatic rings. The molecule has 1 aromatic heterocycles. The molecule has 1 aliphatic heterocycles. The molecule has 0 amide bonds. The van der Waals surface area contributed by atoms with E-state index in [9.17, 15) is 5.26 Å². The molecule has 0 saturated carbocycles. The summed E-state index contributed by atoms with van der Waals surface area (Å²) in [5.74, 6) is 0. The molecule has 17 heavy (non-hydrogen) atoms. The smallest absolute Gasteiger partial charge is 0.110 e. The van der Waals surface area contributed by atoms with Gasteiger partial charge >= 0.3 is 0 Å². The maximum Gasteiger partial charge on any atom is 0.110 e. The monoisotopic (exact) mass is 262 g/mol. The molecule has 0 spiro atoms. The van der Waals surface area contributed by atoms with Gasteiger partial charge in [-0.3, -0.25) is 0 Å². The predicted molar refractivity (Wildman–Crippen MR) is 71.6 cm³/mol. The maximum absolute atomic E-state index is 9.22. The van der Waals surface area contributed by atoms with Crippen molar-refractivity contribution in [1.82, 2.24) is 4.90 Å². The fourth-order valence-corrected chi connectivity index (χ4v) is 3.73. The van der Waals surface area contributed by atoms with Gasteiger partial charge < -0.3 is 4.90 Å². The molecule has 0 aliphatic carbocycles. The van der Waals surface area contributed by atoms with Gasteiger partial charge in [0.2, 0.25) is 0 Å². The van der Waals surface area contributed by atoms with Crippen LogP contribution in [0.15, 0.2) is 12.1 Å². The zero-order valence-electron chi connectivity index (χ0n) is 9.46. The van der Waals surface area contributed by atoms with Crippen LogP contribution in [0.2, 0.25) is 5.02 Å². The van der Waals surface area contributed by atoms with Gasteiger partial charge in [0.05, 0.1) is 0 Å². The van der Waals surface area contributed by atoms with E-state index in [1.54, 1.807) is 11.3 Å². The van der Waals surface area contributed by atoms with Crippen LogP contribution in [0, 0.1) is 11.3 Å². The van der Waals surface area contributed by atoms with E-state index in [1.807, 2.05) is 12.1 Å². The van der Waals surface area contributed by atoms with Crippen LogP contribution in [-0.2, 0) is 13.0 Å². The third-order valence-electron chi connectivity index (χ3n) is 3.28. The van der Waals surface area contributed by atoms with Crippen molar-refractivity contribution in [3.05, 3.63) is 33.2 Å². The molecule has 0 bridgehead atoms. The Balaban J connectivity index is 2.40. The number of halogens is 1. The van der Waals surface area contributed by atoms with Crippen molar-refractivity contribution in [2.75, 3.05) is 13.6 Å². The average molecular weight is 263 g/mol. The highest BCUT2D eigenvalue weighted by molar-refractivity contribution is 7.19. The van der Waals surface area contributed by atoms with Gasteiger partial charge in [0, 0.05) is 33.8 Å². The van der Waals surface area contributed by atoms with E-state index < -0.39 is 0 Å². The number of nitrogens with zero attached hydrogens (tertiary/aromatic N) is 2. The van der Waals surface area contributed by atoms with Crippen LogP contribution in [0.3, 0.4) is 0 Å². The number of benzene rings is 1. The largest absolute Gasteiger partial charge is 0.302 e. The second-order valence-corrected chi connectivity index (χ2v) is 5.87. The Kier molecular flexibility index (Phi) is 2.59. The molecule has 0 radical (unpaired) electrons. The summed E-state index contributed by atoms with van der Waals surface area (Å²) in [7, 11) is 2.09. The summed E-state index contributed by atoms with van der Waals surface area (Å²) >= 11 is 7.86. The van der Waals surface area contributed by atoms with Gasteiger partial charge in [-0.1, -0.05) is 11.6 Å². The van der Waals surface area contributed by atoms with Crippen molar-refractivity contribution in [2.24, 2.45) is 0 Å². The highest BCUT2D eigenvalue weighted by Gasteiger charge is 2.21. The standard InChI is InChI=1S/C13H11ClN2S/c1-16-5-4-8-10(14)2-3-11-13(8)9(7-16)12(6-15)17-11/h2-3H,4-5,7H2,1H3. The summed E-state index contributed by atoms with van der Waals surface area (Å²) in [6, 6.07) is 6.29. The Labute approximate surface area is 109 Å². The molecule has 4 heteroatoms. The molecule has 1 aromatic carbocycles. The lowest BCUT2D eigenvalue weighted by Crippen LogP contribution is -2.18. The van der Waals surface area contributed by atoms with Gasteiger partial charge in [-0.15, -0.1) is 11.3 Å². The van der Waals surface area contributed by atoms with Crippen LogP contribution in [0.25, 0.3) is 10.1 Å². The zero-order chi connectivity index (χ0) is 12.0. The van der Waals surface area contributed by atoms with Crippen LogP contribution in [0.4, 0.5) is 0 Å². The molecular weight excluding hydrogens is 252 g/mol. The van der Waals surface area contributed by atoms with Gasteiger partial charge in [-0.2, -0.15) is 5.26 Å². The number of hydrogen-bond donors (Lipinski definition) is 0. The second-order valence-electron chi connectivity index (χ2n) is 4.41. The van der Waals surface area contributed by atoms with E-state index in [0.717, 1.165) is 35.0 Å². The van der Waals surface area contributed by atoms with Gasteiger partial charge in [-0.05, 0) is 31.2 Å². The quantitative estimate of drug-likeness (QED) is 0.727. The summed E-state index contributed by atoms with van der Waals surface area (Å²) in [5.41, 5.74) is 2.37. The normalized spacial score (nSPS) is 15.8. The molecule has 0 unspecified atom stereocenters. The molecule has 86 valence electrons. The van der Waals surface area contributed by atoms with E-state index in [2.05, 4.69) is 18.0 Å². The molecular formula is C13H11ClN2S. The van der Waals surface area contributed by atoms with Gasteiger partial charge in [0.15, 0.2) is 0 Å². The lowest BCUT2D eigenvalue weighted by atomic mass is 10.0.